The predicted octanol–water partition coefficient (Wildman–Crippen LogP) is 4.28. The van der Waals surface area contributed by atoms with Crippen molar-refractivity contribution in [1.82, 2.24) is 0 Å². The van der Waals surface area contributed by atoms with Crippen molar-refractivity contribution in [2.45, 2.75) is 19.4 Å². The molecule has 1 nitrogen and oxygen atoms in total. The summed E-state index contributed by atoms with van der Waals surface area (Å²) in [5.41, 5.74) is 7.77. The van der Waals surface area contributed by atoms with E-state index in [1.54, 1.807) is 6.92 Å². The molecule has 4 heteroatoms. The molecule has 2 aromatic carbocycles. The molecule has 1 unspecified atom stereocenters. The Hall–Kier alpha value is -1.26. The minimum atomic E-state index is -0.592. The lowest BCUT2D eigenvalue weighted by Gasteiger charge is -2.14. The van der Waals surface area contributed by atoms with E-state index in [1.807, 2.05) is 24.3 Å². The predicted molar refractivity (Wildman–Crippen MR) is 75.9 cm³/mol. The van der Waals surface area contributed by atoms with E-state index in [9.17, 15) is 8.78 Å². The zero-order valence-corrected chi connectivity index (χ0v) is 12.0. The zero-order valence-electron chi connectivity index (χ0n) is 10.5. The van der Waals surface area contributed by atoms with Crippen LogP contribution in [0.4, 0.5) is 8.78 Å². The highest BCUT2D eigenvalue weighted by Gasteiger charge is 2.14. The molecular weight excluding hydrogens is 312 g/mol. The van der Waals surface area contributed by atoms with Crippen molar-refractivity contribution in [3.8, 4) is 0 Å². The van der Waals surface area contributed by atoms with Crippen LogP contribution in [0.5, 0.6) is 0 Å². The minimum Gasteiger partial charge on any atom is -0.324 e. The molecule has 1 atom stereocenters. The fourth-order valence-corrected chi connectivity index (χ4v) is 2.44. The van der Waals surface area contributed by atoms with Crippen LogP contribution in [0.2, 0.25) is 0 Å². The molecule has 100 valence electrons. The summed E-state index contributed by atoms with van der Waals surface area (Å²) in [5.74, 6) is -1.14. The van der Waals surface area contributed by atoms with Crippen molar-refractivity contribution in [3.63, 3.8) is 0 Å². The molecule has 0 amide bonds. The van der Waals surface area contributed by atoms with Crippen molar-refractivity contribution >= 4 is 15.9 Å². The molecule has 2 rings (SSSR count). The summed E-state index contributed by atoms with van der Waals surface area (Å²) in [5, 5.41) is 0. The van der Waals surface area contributed by atoms with Crippen molar-refractivity contribution in [2.75, 3.05) is 0 Å². The van der Waals surface area contributed by atoms with Crippen molar-refractivity contribution in [1.29, 1.82) is 0 Å². The van der Waals surface area contributed by atoms with Gasteiger partial charge in [0.05, 0.1) is 0 Å². The van der Waals surface area contributed by atoms with Crippen LogP contribution < -0.4 is 5.73 Å². The normalized spacial score (nSPS) is 12.5. The first-order chi connectivity index (χ1) is 8.97. The molecule has 0 bridgehead atoms. The SMILES string of the molecule is Cc1cc(C(N)Cc2cccc(Br)c2)c(F)cc1F. The van der Waals surface area contributed by atoms with Crippen LogP contribution >= 0.6 is 15.9 Å². The molecule has 2 aromatic rings. The second-order valence-electron chi connectivity index (χ2n) is 4.56. The Balaban J connectivity index is 2.25. The molecule has 0 saturated carbocycles. The van der Waals surface area contributed by atoms with Crippen LogP contribution in [-0.2, 0) is 6.42 Å². The first-order valence-electron chi connectivity index (χ1n) is 5.93. The van der Waals surface area contributed by atoms with E-state index in [1.165, 1.54) is 6.07 Å². The highest BCUT2D eigenvalue weighted by Crippen LogP contribution is 2.23. The van der Waals surface area contributed by atoms with E-state index in [0.29, 0.717) is 17.5 Å². The summed E-state index contributed by atoms with van der Waals surface area (Å²) in [6, 6.07) is 9.57. The third-order valence-corrected chi connectivity index (χ3v) is 3.52. The van der Waals surface area contributed by atoms with Gasteiger partial charge in [-0.15, -0.1) is 0 Å². The summed E-state index contributed by atoms with van der Waals surface area (Å²) in [6.07, 6.45) is 0.501. The average molecular weight is 326 g/mol. The van der Waals surface area contributed by atoms with Crippen LogP contribution in [-0.4, -0.2) is 0 Å². The molecule has 0 aliphatic rings. The number of aryl methyl sites for hydroxylation is 1. The van der Waals surface area contributed by atoms with Gasteiger partial charge >= 0.3 is 0 Å². The maximum absolute atomic E-state index is 13.7. The van der Waals surface area contributed by atoms with Crippen LogP contribution in [0.3, 0.4) is 0 Å². The molecule has 0 heterocycles. The Bertz CT molecular complexity index is 599. The fourth-order valence-electron chi connectivity index (χ4n) is 1.99. The fraction of sp³-hybridized carbons (Fsp3) is 0.200. The van der Waals surface area contributed by atoms with Gasteiger partial charge in [-0.1, -0.05) is 28.1 Å². The van der Waals surface area contributed by atoms with Gasteiger partial charge in [0.2, 0.25) is 0 Å². The third-order valence-electron chi connectivity index (χ3n) is 3.02. The van der Waals surface area contributed by atoms with Crippen LogP contribution in [0.1, 0.15) is 22.7 Å². The quantitative estimate of drug-likeness (QED) is 0.895. The molecule has 19 heavy (non-hydrogen) atoms. The summed E-state index contributed by atoms with van der Waals surface area (Å²) >= 11 is 3.38. The number of hydrogen-bond acceptors (Lipinski definition) is 1. The molecular formula is C15H14BrF2N. The van der Waals surface area contributed by atoms with Crippen molar-refractivity contribution in [2.24, 2.45) is 5.73 Å². The van der Waals surface area contributed by atoms with Gasteiger partial charge in [0.25, 0.3) is 0 Å². The van der Waals surface area contributed by atoms with E-state index in [0.717, 1.165) is 16.1 Å². The van der Waals surface area contributed by atoms with E-state index in [2.05, 4.69) is 15.9 Å². The molecule has 0 aliphatic carbocycles. The van der Waals surface area contributed by atoms with Crippen LogP contribution in [0.15, 0.2) is 40.9 Å². The maximum atomic E-state index is 13.7. The summed E-state index contributed by atoms with van der Waals surface area (Å²) in [4.78, 5) is 0. The number of halogens is 3. The zero-order chi connectivity index (χ0) is 14.0. The van der Waals surface area contributed by atoms with Gasteiger partial charge in [-0.3, -0.25) is 0 Å². The Kier molecular flexibility index (Phi) is 4.32. The Morgan fingerprint density at radius 2 is 1.89 bits per heavy atom. The van der Waals surface area contributed by atoms with E-state index in [4.69, 9.17) is 5.73 Å². The summed E-state index contributed by atoms with van der Waals surface area (Å²) in [7, 11) is 0. The molecule has 2 N–H and O–H groups in total. The first kappa shape index (κ1) is 14.2. The van der Waals surface area contributed by atoms with Crippen molar-refractivity contribution in [3.05, 3.63) is 69.2 Å². The van der Waals surface area contributed by atoms with Crippen LogP contribution in [0.25, 0.3) is 0 Å². The second kappa shape index (κ2) is 5.80. The minimum absolute atomic E-state index is 0.346. The molecule has 0 fully saturated rings. The lowest BCUT2D eigenvalue weighted by atomic mass is 9.97. The topological polar surface area (TPSA) is 26.0 Å². The van der Waals surface area contributed by atoms with Crippen molar-refractivity contribution < 1.29 is 8.78 Å². The number of hydrogen-bond donors (Lipinski definition) is 1. The highest BCUT2D eigenvalue weighted by atomic mass is 79.9. The van der Waals surface area contributed by atoms with Gasteiger partial charge in [0, 0.05) is 22.1 Å². The van der Waals surface area contributed by atoms with Gasteiger partial charge < -0.3 is 5.73 Å². The molecule has 0 aromatic heterocycles. The molecule has 0 spiro atoms. The van der Waals surface area contributed by atoms with Gasteiger partial charge in [0.15, 0.2) is 0 Å². The van der Waals surface area contributed by atoms with Gasteiger partial charge in [-0.05, 0) is 42.7 Å². The number of benzene rings is 2. The molecule has 0 radical (unpaired) electrons. The standard InChI is InChI=1S/C15H14BrF2N/c1-9-5-12(14(18)8-13(9)17)15(19)7-10-3-2-4-11(16)6-10/h2-6,8,15H,7,19H2,1H3. The van der Waals surface area contributed by atoms with Gasteiger partial charge in [-0.2, -0.15) is 0 Å². The lowest BCUT2D eigenvalue weighted by Crippen LogP contribution is -2.15. The van der Waals surface area contributed by atoms with Crippen LogP contribution in [0, 0.1) is 18.6 Å². The third kappa shape index (κ3) is 3.39. The Morgan fingerprint density at radius 1 is 1.16 bits per heavy atom. The molecule has 0 saturated heterocycles. The maximum Gasteiger partial charge on any atom is 0.130 e. The smallest absolute Gasteiger partial charge is 0.130 e. The van der Waals surface area contributed by atoms with Gasteiger partial charge in [-0.25, -0.2) is 8.78 Å². The first-order valence-corrected chi connectivity index (χ1v) is 6.72. The number of rotatable bonds is 3. The highest BCUT2D eigenvalue weighted by molar-refractivity contribution is 9.10. The average Bonchev–Trinajstić information content (AvgIpc) is 2.33. The van der Waals surface area contributed by atoms with E-state index >= 15 is 0 Å². The summed E-state index contributed by atoms with van der Waals surface area (Å²) < 4.78 is 27.9. The largest absolute Gasteiger partial charge is 0.324 e. The number of nitrogens with two attached hydrogens (primary N) is 1. The Labute approximate surface area is 119 Å². The second-order valence-corrected chi connectivity index (χ2v) is 5.48. The Morgan fingerprint density at radius 3 is 2.58 bits per heavy atom. The van der Waals surface area contributed by atoms with E-state index < -0.39 is 17.7 Å². The summed E-state index contributed by atoms with van der Waals surface area (Å²) in [6.45, 7) is 1.60. The lowest BCUT2D eigenvalue weighted by molar-refractivity contribution is 0.550. The van der Waals surface area contributed by atoms with E-state index in [-0.39, 0.29) is 0 Å². The van der Waals surface area contributed by atoms with Gasteiger partial charge in [0.1, 0.15) is 11.6 Å². The monoisotopic (exact) mass is 325 g/mol. The molecule has 0 aliphatic heterocycles.